The Balaban J connectivity index is 2.13. The number of unbranched alkanes of at least 4 members (excludes halogenated alkanes) is 2. The van der Waals surface area contributed by atoms with E-state index in [9.17, 15) is 4.39 Å². The highest BCUT2D eigenvalue weighted by atomic mass is 32.2. The summed E-state index contributed by atoms with van der Waals surface area (Å²) in [5.41, 5.74) is 2.92. The molecule has 2 aromatic carbocycles. The molecule has 0 radical (unpaired) electrons. The Hall–Kier alpha value is -1.61. The van der Waals surface area contributed by atoms with Crippen molar-refractivity contribution < 1.29 is 4.39 Å². The van der Waals surface area contributed by atoms with Crippen LogP contribution in [0.25, 0.3) is 0 Å². The van der Waals surface area contributed by atoms with Gasteiger partial charge in [0.2, 0.25) is 0 Å². The molecule has 3 heteroatoms. The van der Waals surface area contributed by atoms with Gasteiger partial charge in [-0.05, 0) is 31.0 Å². The lowest BCUT2D eigenvalue weighted by molar-refractivity contribution is 0.387. The molecule has 0 N–H and O–H groups in total. The first-order valence-electron chi connectivity index (χ1n) is 9.75. The van der Waals surface area contributed by atoms with Crippen LogP contribution in [-0.2, 0) is 0 Å². The van der Waals surface area contributed by atoms with Crippen LogP contribution in [0.5, 0.6) is 0 Å². The van der Waals surface area contributed by atoms with Crippen LogP contribution in [-0.4, -0.2) is 17.0 Å². The van der Waals surface area contributed by atoms with Gasteiger partial charge in [0.15, 0.2) is 0 Å². The van der Waals surface area contributed by atoms with Crippen molar-refractivity contribution in [1.82, 2.24) is 0 Å². The molecule has 0 unspecified atom stereocenters. The Labute approximate surface area is 161 Å². The van der Waals surface area contributed by atoms with Gasteiger partial charge in [0.1, 0.15) is 5.82 Å². The molecule has 1 aliphatic rings. The summed E-state index contributed by atoms with van der Waals surface area (Å²) in [6, 6.07) is 15.4. The van der Waals surface area contributed by atoms with E-state index in [0.717, 1.165) is 40.3 Å². The molecule has 0 amide bonds. The minimum atomic E-state index is -0.192. The zero-order chi connectivity index (χ0) is 18.4. The molecule has 1 heterocycles. The van der Waals surface area contributed by atoms with Crippen molar-refractivity contribution in [3.05, 3.63) is 65.5 Å². The third kappa shape index (κ3) is 4.37. The van der Waals surface area contributed by atoms with Gasteiger partial charge in [-0.3, -0.25) is 4.99 Å². The third-order valence-corrected chi connectivity index (χ3v) is 6.43. The van der Waals surface area contributed by atoms with Gasteiger partial charge in [0.05, 0.1) is 11.3 Å². The van der Waals surface area contributed by atoms with Crippen LogP contribution < -0.4 is 0 Å². The largest absolute Gasteiger partial charge is 0.277 e. The molecule has 0 bridgehead atoms. The highest BCUT2D eigenvalue weighted by Crippen LogP contribution is 2.39. The lowest BCUT2D eigenvalue weighted by Crippen LogP contribution is -2.31. The molecular weight excluding hydrogens is 341 g/mol. The summed E-state index contributed by atoms with van der Waals surface area (Å²) in [5.74, 6) is 0.782. The van der Waals surface area contributed by atoms with E-state index in [4.69, 9.17) is 4.99 Å². The van der Waals surface area contributed by atoms with E-state index in [2.05, 4.69) is 26.0 Å². The number of hydrogen-bond donors (Lipinski definition) is 0. The minimum absolute atomic E-state index is 0.0582. The smallest absolute Gasteiger partial charge is 0.123 e. The number of nitrogens with zero attached hydrogens (tertiary/aromatic N) is 1. The van der Waals surface area contributed by atoms with Crippen LogP contribution in [0.3, 0.4) is 0 Å². The van der Waals surface area contributed by atoms with Gasteiger partial charge in [-0.1, -0.05) is 69.9 Å². The molecule has 0 spiro atoms. The Bertz CT molecular complexity index is 746. The van der Waals surface area contributed by atoms with Gasteiger partial charge in [0.25, 0.3) is 0 Å². The molecule has 0 aliphatic carbocycles. The molecule has 0 saturated carbocycles. The third-order valence-electron chi connectivity index (χ3n) is 5.08. The number of halogens is 1. The molecule has 26 heavy (non-hydrogen) atoms. The van der Waals surface area contributed by atoms with Gasteiger partial charge >= 0.3 is 0 Å². The van der Waals surface area contributed by atoms with E-state index in [1.165, 1.54) is 25.7 Å². The number of benzene rings is 2. The normalized spacial score (nSPS) is 15.9. The fourth-order valence-corrected chi connectivity index (χ4v) is 4.82. The second kappa shape index (κ2) is 8.85. The molecule has 1 aliphatic heterocycles. The fourth-order valence-electron chi connectivity index (χ4n) is 3.56. The Morgan fingerprint density at radius 3 is 2.35 bits per heavy atom. The zero-order valence-electron chi connectivity index (χ0n) is 15.8. The summed E-state index contributed by atoms with van der Waals surface area (Å²) in [7, 11) is 0. The van der Waals surface area contributed by atoms with Crippen LogP contribution in [0.15, 0.2) is 58.4 Å². The minimum Gasteiger partial charge on any atom is -0.277 e. The SMILES string of the molecule is CCCCC1(CCCC)CSc2ccc(F)cc2C(c2ccccc2)=N1. The quantitative estimate of drug-likeness (QED) is 0.518. The Kier molecular flexibility index (Phi) is 6.53. The summed E-state index contributed by atoms with van der Waals surface area (Å²) in [6.45, 7) is 4.48. The summed E-state index contributed by atoms with van der Waals surface area (Å²) >= 11 is 1.84. The average Bonchev–Trinajstić information content (AvgIpc) is 2.83. The molecule has 138 valence electrons. The first kappa shape index (κ1) is 19.2. The summed E-state index contributed by atoms with van der Waals surface area (Å²) in [4.78, 5) is 6.51. The molecule has 0 saturated heterocycles. The molecule has 0 fully saturated rings. The molecule has 0 atom stereocenters. The molecule has 3 rings (SSSR count). The van der Waals surface area contributed by atoms with E-state index in [0.29, 0.717) is 0 Å². The Morgan fingerprint density at radius 2 is 1.69 bits per heavy atom. The number of aliphatic imine (C=N–C) groups is 1. The van der Waals surface area contributed by atoms with Crippen LogP contribution in [0, 0.1) is 5.82 Å². The van der Waals surface area contributed by atoms with Crippen LogP contribution in [0.1, 0.15) is 63.5 Å². The summed E-state index contributed by atoms with van der Waals surface area (Å²) in [6.07, 6.45) is 6.92. The second-order valence-electron chi connectivity index (χ2n) is 7.19. The number of fused-ring (bicyclic) bond motifs is 1. The van der Waals surface area contributed by atoms with Crippen molar-refractivity contribution in [1.29, 1.82) is 0 Å². The van der Waals surface area contributed by atoms with Gasteiger partial charge in [0, 0.05) is 21.8 Å². The van der Waals surface area contributed by atoms with Gasteiger partial charge < -0.3 is 0 Å². The standard InChI is InChI=1S/C23H28FNS/c1-3-5-14-23(15-6-4-2)17-26-21-13-12-19(24)16-20(21)22(25-23)18-10-8-7-9-11-18/h7-13,16H,3-6,14-15,17H2,1-2H3. The van der Waals surface area contributed by atoms with Crippen LogP contribution >= 0.6 is 11.8 Å². The van der Waals surface area contributed by atoms with Crippen molar-refractivity contribution in [3.63, 3.8) is 0 Å². The first-order valence-corrected chi connectivity index (χ1v) is 10.7. The van der Waals surface area contributed by atoms with Crippen molar-refractivity contribution in [2.24, 2.45) is 4.99 Å². The monoisotopic (exact) mass is 369 g/mol. The molecular formula is C23H28FNS. The first-order chi connectivity index (χ1) is 12.7. The summed E-state index contributed by atoms with van der Waals surface area (Å²) in [5, 5.41) is 0. The highest BCUT2D eigenvalue weighted by Gasteiger charge is 2.33. The number of rotatable bonds is 7. The van der Waals surface area contributed by atoms with Gasteiger partial charge in [-0.2, -0.15) is 0 Å². The molecule has 1 nitrogen and oxygen atoms in total. The zero-order valence-corrected chi connectivity index (χ0v) is 16.6. The van der Waals surface area contributed by atoms with E-state index < -0.39 is 0 Å². The lowest BCUT2D eigenvalue weighted by Gasteiger charge is -2.29. The lowest BCUT2D eigenvalue weighted by atomic mass is 9.88. The van der Waals surface area contributed by atoms with Gasteiger partial charge in [-0.25, -0.2) is 4.39 Å². The van der Waals surface area contributed by atoms with Crippen LogP contribution in [0.2, 0.25) is 0 Å². The summed E-state index contributed by atoms with van der Waals surface area (Å²) < 4.78 is 14.0. The highest BCUT2D eigenvalue weighted by molar-refractivity contribution is 7.99. The number of hydrogen-bond acceptors (Lipinski definition) is 2. The van der Waals surface area contributed by atoms with E-state index in [-0.39, 0.29) is 11.4 Å². The number of thioether (sulfide) groups is 1. The fraction of sp³-hybridized carbons (Fsp3) is 0.435. The maximum Gasteiger partial charge on any atom is 0.123 e. The van der Waals surface area contributed by atoms with E-state index in [1.54, 1.807) is 12.1 Å². The van der Waals surface area contributed by atoms with Crippen molar-refractivity contribution in [2.45, 2.75) is 62.8 Å². The van der Waals surface area contributed by atoms with Crippen molar-refractivity contribution in [3.8, 4) is 0 Å². The predicted octanol–water partition coefficient (Wildman–Crippen LogP) is 6.89. The maximum absolute atomic E-state index is 14.0. The van der Waals surface area contributed by atoms with E-state index in [1.807, 2.05) is 36.0 Å². The molecule has 2 aromatic rings. The van der Waals surface area contributed by atoms with Crippen LogP contribution in [0.4, 0.5) is 4.39 Å². The van der Waals surface area contributed by atoms with Gasteiger partial charge in [-0.15, -0.1) is 11.8 Å². The second-order valence-corrected chi connectivity index (χ2v) is 8.20. The van der Waals surface area contributed by atoms with Crippen molar-refractivity contribution in [2.75, 3.05) is 5.75 Å². The Morgan fingerprint density at radius 1 is 1.00 bits per heavy atom. The predicted molar refractivity (Wildman–Crippen MR) is 111 cm³/mol. The average molecular weight is 370 g/mol. The topological polar surface area (TPSA) is 12.4 Å². The van der Waals surface area contributed by atoms with Crippen molar-refractivity contribution >= 4 is 17.5 Å². The van der Waals surface area contributed by atoms with E-state index >= 15 is 0 Å². The maximum atomic E-state index is 14.0. The molecule has 0 aromatic heterocycles.